The molecule has 1 atom stereocenters. The summed E-state index contributed by atoms with van der Waals surface area (Å²) < 4.78 is 5.42. The number of ether oxygens (including phenoxy) is 1. The molecule has 150 valence electrons. The Morgan fingerprint density at radius 1 is 1.00 bits per heavy atom. The average molecular weight is 392 g/mol. The number of amides is 2. The van der Waals surface area contributed by atoms with Gasteiger partial charge in [0.25, 0.3) is 5.91 Å². The van der Waals surface area contributed by atoms with Crippen LogP contribution in [0.4, 0.5) is 5.69 Å². The van der Waals surface area contributed by atoms with Crippen LogP contribution in [0.2, 0.25) is 0 Å². The van der Waals surface area contributed by atoms with Gasteiger partial charge in [-0.3, -0.25) is 9.59 Å². The normalized spacial score (nSPS) is 19.0. The first-order chi connectivity index (χ1) is 14.2. The molecule has 0 aliphatic carbocycles. The van der Waals surface area contributed by atoms with Crippen LogP contribution in [0.25, 0.3) is 0 Å². The van der Waals surface area contributed by atoms with E-state index >= 15 is 0 Å². The Bertz CT molecular complexity index is 879. The van der Waals surface area contributed by atoms with Gasteiger partial charge in [-0.15, -0.1) is 0 Å². The van der Waals surface area contributed by atoms with Crippen LogP contribution in [0.5, 0.6) is 0 Å². The number of carbonyl (C=O) groups excluding carboxylic acids is 2. The molecule has 2 amide bonds. The summed E-state index contributed by atoms with van der Waals surface area (Å²) in [5, 5.41) is 8.86. The van der Waals surface area contributed by atoms with Crippen molar-refractivity contribution in [1.29, 1.82) is 0 Å². The van der Waals surface area contributed by atoms with Crippen molar-refractivity contribution < 1.29 is 14.3 Å². The quantitative estimate of drug-likeness (QED) is 0.812. The minimum Gasteiger partial charge on any atom is -0.378 e. The van der Waals surface area contributed by atoms with Crippen LogP contribution >= 0.6 is 0 Å². The maximum atomic E-state index is 13.0. The van der Waals surface area contributed by atoms with Crippen LogP contribution in [0.15, 0.2) is 65.8 Å². The number of carbonyl (C=O) groups is 2. The summed E-state index contributed by atoms with van der Waals surface area (Å²) in [5.74, 6) is 0.220. The molecular formula is C22H24N4O3. The number of hydrogen-bond donors (Lipinski definition) is 1. The van der Waals surface area contributed by atoms with E-state index in [-0.39, 0.29) is 24.3 Å². The molecule has 2 aliphatic rings. The van der Waals surface area contributed by atoms with Crippen LogP contribution in [0.3, 0.4) is 0 Å². The summed E-state index contributed by atoms with van der Waals surface area (Å²) >= 11 is 0. The van der Waals surface area contributed by atoms with Crippen LogP contribution < -0.4 is 5.32 Å². The van der Waals surface area contributed by atoms with Crippen LogP contribution in [0.1, 0.15) is 24.4 Å². The van der Waals surface area contributed by atoms with E-state index in [0.717, 1.165) is 24.5 Å². The van der Waals surface area contributed by atoms with Gasteiger partial charge >= 0.3 is 0 Å². The smallest absolute Gasteiger partial charge is 0.252 e. The number of morpholine rings is 1. The molecule has 2 aliphatic heterocycles. The first-order valence-electron chi connectivity index (χ1n) is 9.83. The Balaban J connectivity index is 1.49. The van der Waals surface area contributed by atoms with Crippen molar-refractivity contribution in [2.45, 2.75) is 18.9 Å². The third-order valence-electron chi connectivity index (χ3n) is 5.08. The molecule has 0 bridgehead atoms. The lowest BCUT2D eigenvalue weighted by Gasteiger charge is -2.28. The second-order valence-corrected chi connectivity index (χ2v) is 7.08. The van der Waals surface area contributed by atoms with Gasteiger partial charge in [0.2, 0.25) is 5.91 Å². The Morgan fingerprint density at radius 2 is 1.66 bits per heavy atom. The predicted octanol–water partition coefficient (Wildman–Crippen LogP) is 2.63. The SMILES string of the molecule is O=C(CC(=O)N1N=C(N2CCOCC2)CC1c1ccccc1)Nc1ccccc1. The number of anilines is 1. The van der Waals surface area contributed by atoms with Gasteiger partial charge in [-0.2, -0.15) is 5.10 Å². The highest BCUT2D eigenvalue weighted by Crippen LogP contribution is 2.32. The number of hydrazone groups is 1. The zero-order valence-electron chi connectivity index (χ0n) is 16.2. The van der Waals surface area contributed by atoms with Gasteiger partial charge in [-0.1, -0.05) is 48.5 Å². The van der Waals surface area contributed by atoms with Gasteiger partial charge in [0, 0.05) is 25.2 Å². The van der Waals surface area contributed by atoms with Crippen molar-refractivity contribution in [3.05, 3.63) is 66.2 Å². The molecule has 1 N–H and O–H groups in total. The van der Waals surface area contributed by atoms with Gasteiger partial charge < -0.3 is 15.0 Å². The largest absolute Gasteiger partial charge is 0.378 e. The lowest BCUT2D eigenvalue weighted by Crippen LogP contribution is -2.40. The third-order valence-corrected chi connectivity index (χ3v) is 5.08. The number of para-hydroxylation sites is 1. The highest BCUT2D eigenvalue weighted by molar-refractivity contribution is 6.04. The molecule has 2 heterocycles. The molecule has 7 heteroatoms. The van der Waals surface area contributed by atoms with Crippen LogP contribution in [-0.4, -0.2) is 53.9 Å². The first-order valence-corrected chi connectivity index (χ1v) is 9.83. The summed E-state index contributed by atoms with van der Waals surface area (Å²) in [6.45, 7) is 2.83. The molecule has 1 unspecified atom stereocenters. The number of benzene rings is 2. The summed E-state index contributed by atoms with van der Waals surface area (Å²) in [5.41, 5.74) is 1.68. The molecule has 2 aromatic carbocycles. The lowest BCUT2D eigenvalue weighted by molar-refractivity contribution is -0.136. The van der Waals surface area contributed by atoms with Crippen molar-refractivity contribution in [2.24, 2.45) is 5.10 Å². The standard InChI is InChI=1S/C22H24N4O3/c27-21(23-18-9-5-2-6-10-18)16-22(28)26-19(17-7-3-1-4-8-17)15-20(24-26)25-11-13-29-14-12-25/h1-10,19H,11-16H2,(H,23,27). The number of nitrogens with zero attached hydrogens (tertiary/aromatic N) is 3. The summed E-state index contributed by atoms with van der Waals surface area (Å²) in [7, 11) is 0. The first kappa shape index (κ1) is 19.1. The minimum absolute atomic E-state index is 0.203. The fourth-order valence-corrected chi connectivity index (χ4v) is 3.62. The molecule has 0 spiro atoms. The van der Waals surface area contributed by atoms with Gasteiger partial charge in [-0.25, -0.2) is 5.01 Å². The summed E-state index contributed by atoms with van der Waals surface area (Å²) in [6.07, 6.45) is 0.383. The fourth-order valence-electron chi connectivity index (χ4n) is 3.62. The van der Waals surface area contributed by atoms with Gasteiger partial charge in [0.15, 0.2) is 0 Å². The molecule has 1 fully saturated rings. The minimum atomic E-state index is -0.344. The van der Waals surface area contributed by atoms with E-state index in [2.05, 4.69) is 15.3 Å². The monoisotopic (exact) mass is 392 g/mol. The van der Waals surface area contributed by atoms with E-state index in [1.165, 1.54) is 5.01 Å². The molecule has 2 aromatic rings. The van der Waals surface area contributed by atoms with Crippen LogP contribution in [-0.2, 0) is 14.3 Å². The predicted molar refractivity (Wildman–Crippen MR) is 110 cm³/mol. The van der Waals surface area contributed by atoms with Crippen molar-refractivity contribution in [3.63, 3.8) is 0 Å². The zero-order chi connectivity index (χ0) is 20.1. The third kappa shape index (κ3) is 4.63. The molecule has 0 saturated carbocycles. The van der Waals surface area contributed by atoms with E-state index < -0.39 is 0 Å². The van der Waals surface area contributed by atoms with Crippen molar-refractivity contribution >= 4 is 23.3 Å². The van der Waals surface area contributed by atoms with E-state index in [9.17, 15) is 9.59 Å². The van der Waals surface area contributed by atoms with E-state index in [1.807, 2.05) is 48.5 Å². The lowest BCUT2D eigenvalue weighted by atomic mass is 10.0. The Morgan fingerprint density at radius 3 is 2.34 bits per heavy atom. The summed E-state index contributed by atoms with van der Waals surface area (Å²) in [4.78, 5) is 27.5. The maximum Gasteiger partial charge on any atom is 0.252 e. The van der Waals surface area contributed by atoms with Crippen molar-refractivity contribution in [2.75, 3.05) is 31.6 Å². The van der Waals surface area contributed by atoms with Gasteiger partial charge in [0.05, 0.1) is 19.3 Å². The maximum absolute atomic E-state index is 13.0. The van der Waals surface area contributed by atoms with E-state index in [0.29, 0.717) is 25.3 Å². The molecule has 29 heavy (non-hydrogen) atoms. The highest BCUT2D eigenvalue weighted by atomic mass is 16.5. The number of amidine groups is 1. The molecule has 0 radical (unpaired) electrons. The van der Waals surface area contributed by atoms with Crippen molar-refractivity contribution in [1.82, 2.24) is 9.91 Å². The number of nitrogens with one attached hydrogen (secondary N) is 1. The molecule has 7 nitrogen and oxygen atoms in total. The Labute approximate surface area is 169 Å². The second kappa shape index (κ2) is 8.87. The Hall–Kier alpha value is -3.19. The fraction of sp³-hybridized carbons (Fsp3) is 0.318. The summed E-state index contributed by atoms with van der Waals surface area (Å²) in [6, 6.07) is 18.8. The topological polar surface area (TPSA) is 74.2 Å². The Kier molecular flexibility index (Phi) is 5.86. The van der Waals surface area contributed by atoms with E-state index in [4.69, 9.17) is 4.74 Å². The van der Waals surface area contributed by atoms with E-state index in [1.54, 1.807) is 12.1 Å². The average Bonchev–Trinajstić information content (AvgIpc) is 3.21. The van der Waals surface area contributed by atoms with Crippen molar-refractivity contribution in [3.8, 4) is 0 Å². The molecule has 4 rings (SSSR count). The molecule has 0 aromatic heterocycles. The number of rotatable bonds is 4. The van der Waals surface area contributed by atoms with Crippen LogP contribution in [0, 0.1) is 0 Å². The van der Waals surface area contributed by atoms with Gasteiger partial charge in [0.1, 0.15) is 12.3 Å². The molecular weight excluding hydrogens is 368 g/mol. The highest BCUT2D eigenvalue weighted by Gasteiger charge is 2.35. The zero-order valence-corrected chi connectivity index (χ0v) is 16.2. The second-order valence-electron chi connectivity index (χ2n) is 7.08. The van der Waals surface area contributed by atoms with Gasteiger partial charge in [-0.05, 0) is 17.7 Å². The molecule has 1 saturated heterocycles. The number of hydrogen-bond acceptors (Lipinski definition) is 5.